The first-order valence-electron chi connectivity index (χ1n) is 2.70. The fourth-order valence-electron chi connectivity index (χ4n) is 0.211. The smallest absolute Gasteiger partial charge is 0.322 e. The molecular weight excluding hydrogens is 170 g/mol. The Labute approximate surface area is 67.1 Å². The van der Waals surface area contributed by atoms with E-state index in [2.05, 4.69) is 4.74 Å². The van der Waals surface area contributed by atoms with Gasteiger partial charge >= 0.3 is 6.40 Å². The molecule has 0 rings (SSSR count). The minimum Gasteiger partial charge on any atom is -0.748 e. The van der Waals surface area contributed by atoms with Gasteiger partial charge in [0.1, 0.15) is 14.1 Å². The molecule has 0 radical (unpaired) electrons. The van der Waals surface area contributed by atoms with E-state index in [9.17, 15) is 0 Å². The lowest BCUT2D eigenvalue weighted by molar-refractivity contribution is -0.467. The summed E-state index contributed by atoms with van der Waals surface area (Å²) in [7, 11) is 1.52. The third-order valence-electron chi connectivity index (χ3n) is 0.316. The van der Waals surface area contributed by atoms with Crippen LogP contribution in [0.15, 0.2) is 0 Å². The van der Waals surface area contributed by atoms with Crippen LogP contribution in [0.2, 0.25) is 0 Å². The highest BCUT2D eigenvalue weighted by Gasteiger charge is 1.72. The highest BCUT2D eigenvalue weighted by atomic mass is 32.2. The van der Waals surface area contributed by atoms with Crippen molar-refractivity contribution < 1.29 is 22.3 Å². The summed E-state index contributed by atoms with van der Waals surface area (Å²) in [5, 5.41) is 0. The Kier molecular flexibility index (Phi) is 7.23. The summed E-state index contributed by atoms with van der Waals surface area (Å²) in [5.41, 5.74) is 0. The van der Waals surface area contributed by atoms with Gasteiger partial charge in [0.2, 0.25) is 0 Å². The Morgan fingerprint density at radius 2 is 1.73 bits per heavy atom. The van der Waals surface area contributed by atoms with Crippen LogP contribution >= 0.6 is 0 Å². The van der Waals surface area contributed by atoms with E-state index >= 15 is 0 Å². The van der Waals surface area contributed by atoms with Gasteiger partial charge in [-0.1, -0.05) is 0 Å². The topological polar surface area (TPSA) is 69.4 Å². The van der Waals surface area contributed by atoms with E-state index in [1.54, 1.807) is 13.5 Å². The van der Waals surface area contributed by atoms with E-state index < -0.39 is 10.1 Å². The summed E-state index contributed by atoms with van der Waals surface area (Å²) in [6, 6.07) is 0. The SMILES string of the molecule is COC=[N+](C)C.CS(=O)(=O)[O-]. The largest absolute Gasteiger partial charge is 0.748 e. The first kappa shape index (κ1) is 13.0. The Morgan fingerprint density at radius 1 is 1.45 bits per heavy atom. The average molecular weight is 183 g/mol. The molecule has 0 N–H and O–H groups in total. The molecule has 0 aliphatic carbocycles. The number of rotatable bonds is 1. The van der Waals surface area contributed by atoms with Gasteiger partial charge in [0.25, 0.3) is 0 Å². The summed E-state index contributed by atoms with van der Waals surface area (Å²) in [6.07, 6.45) is 2.23. The van der Waals surface area contributed by atoms with Crippen molar-refractivity contribution >= 4 is 16.5 Å². The van der Waals surface area contributed by atoms with E-state index in [1.165, 1.54) is 0 Å². The van der Waals surface area contributed by atoms with Crippen LogP contribution in [0.1, 0.15) is 0 Å². The molecule has 0 aromatic carbocycles. The van der Waals surface area contributed by atoms with Gasteiger partial charge in [-0.3, -0.25) is 0 Å². The van der Waals surface area contributed by atoms with Crippen molar-refractivity contribution in [1.29, 1.82) is 0 Å². The number of hydrogen-bond acceptors (Lipinski definition) is 4. The molecule has 0 atom stereocenters. The summed E-state index contributed by atoms with van der Waals surface area (Å²) >= 11 is 0. The molecule has 5 nitrogen and oxygen atoms in total. The molecule has 0 spiro atoms. The molecule has 0 unspecified atom stereocenters. The predicted octanol–water partition coefficient (Wildman–Crippen LogP) is -0.905. The molecule has 0 aliphatic rings. The molecule has 0 amide bonds. The van der Waals surface area contributed by atoms with Crippen LogP contribution in [-0.4, -0.2) is 51.4 Å². The highest BCUT2D eigenvalue weighted by molar-refractivity contribution is 7.84. The van der Waals surface area contributed by atoms with E-state index in [0.29, 0.717) is 6.26 Å². The van der Waals surface area contributed by atoms with Crippen molar-refractivity contribution in [2.24, 2.45) is 0 Å². The normalized spacial score (nSPS) is 9.18. The minimum atomic E-state index is -3.92. The number of hydrogen-bond donors (Lipinski definition) is 0. The Morgan fingerprint density at radius 3 is 1.73 bits per heavy atom. The van der Waals surface area contributed by atoms with Crippen LogP contribution < -0.4 is 0 Å². The molecule has 0 saturated heterocycles. The quantitative estimate of drug-likeness (QED) is 0.228. The maximum atomic E-state index is 9.08. The molecule has 6 heteroatoms. The fraction of sp³-hybridized carbons (Fsp3) is 0.800. The van der Waals surface area contributed by atoms with Gasteiger partial charge < -0.3 is 9.29 Å². The van der Waals surface area contributed by atoms with Crippen molar-refractivity contribution in [1.82, 2.24) is 0 Å². The summed E-state index contributed by atoms with van der Waals surface area (Å²) in [5.74, 6) is 0. The van der Waals surface area contributed by atoms with Crippen LogP contribution in [-0.2, 0) is 14.9 Å². The van der Waals surface area contributed by atoms with Gasteiger partial charge in [-0.25, -0.2) is 13.0 Å². The molecule has 0 aromatic rings. The molecule has 0 aliphatic heterocycles. The molecule has 68 valence electrons. The zero-order chi connectivity index (χ0) is 9.49. The second-order valence-electron chi connectivity index (χ2n) is 2.01. The van der Waals surface area contributed by atoms with E-state index in [4.69, 9.17) is 13.0 Å². The molecule has 0 heterocycles. The first-order chi connectivity index (χ1) is 4.77. The fourth-order valence-corrected chi connectivity index (χ4v) is 0.211. The standard InChI is InChI=1S/C4H10NO.CH4O3S/c1-5(2)4-6-3;1-5(2,3)4/h4H,1-3H3;1H3,(H,2,3,4)/q+1;/p-1. The third kappa shape index (κ3) is 90.2. The van der Waals surface area contributed by atoms with Gasteiger partial charge in [0.15, 0.2) is 0 Å². The monoisotopic (exact) mass is 183 g/mol. The Hall–Kier alpha value is -0.620. The summed E-state index contributed by atoms with van der Waals surface area (Å²) < 4.78 is 33.7. The lowest BCUT2D eigenvalue weighted by atomic mass is 11.1. The third-order valence-corrected chi connectivity index (χ3v) is 0.316. The second kappa shape index (κ2) is 6.11. The molecule has 0 bridgehead atoms. The van der Waals surface area contributed by atoms with E-state index in [1.807, 2.05) is 18.7 Å². The van der Waals surface area contributed by atoms with Crippen LogP contribution in [0, 0.1) is 0 Å². The molecule has 0 saturated carbocycles. The van der Waals surface area contributed by atoms with Gasteiger partial charge in [-0.2, -0.15) is 0 Å². The Bertz CT molecular complexity index is 195. The van der Waals surface area contributed by atoms with Crippen molar-refractivity contribution in [3.05, 3.63) is 0 Å². The Balaban J connectivity index is 0. The highest BCUT2D eigenvalue weighted by Crippen LogP contribution is 1.59. The van der Waals surface area contributed by atoms with E-state index in [-0.39, 0.29) is 0 Å². The molecule has 11 heavy (non-hydrogen) atoms. The molecule has 0 fully saturated rings. The zero-order valence-corrected chi connectivity index (χ0v) is 7.88. The molecular formula is C5H13NO4S. The molecule has 0 aromatic heterocycles. The van der Waals surface area contributed by atoms with Crippen LogP contribution in [0.5, 0.6) is 0 Å². The van der Waals surface area contributed by atoms with Crippen LogP contribution in [0.4, 0.5) is 0 Å². The first-order valence-corrected chi connectivity index (χ1v) is 4.52. The second-order valence-corrected chi connectivity index (χ2v) is 3.42. The summed E-state index contributed by atoms with van der Waals surface area (Å²) in [4.78, 5) is 0. The predicted molar refractivity (Wildman–Crippen MR) is 40.8 cm³/mol. The van der Waals surface area contributed by atoms with Crippen LogP contribution in [0.25, 0.3) is 0 Å². The average Bonchev–Trinajstić information content (AvgIpc) is 1.58. The van der Waals surface area contributed by atoms with Crippen molar-refractivity contribution in [2.75, 3.05) is 27.5 Å². The number of methoxy groups -OCH3 is 1. The van der Waals surface area contributed by atoms with Gasteiger partial charge in [-0.05, 0) is 0 Å². The summed E-state index contributed by atoms with van der Waals surface area (Å²) in [6.45, 7) is 0. The van der Waals surface area contributed by atoms with Crippen LogP contribution in [0.3, 0.4) is 0 Å². The maximum absolute atomic E-state index is 9.08. The van der Waals surface area contributed by atoms with Gasteiger partial charge in [0, 0.05) is 6.26 Å². The zero-order valence-electron chi connectivity index (χ0n) is 7.07. The lowest BCUT2D eigenvalue weighted by Gasteiger charge is -1.90. The van der Waals surface area contributed by atoms with E-state index in [0.717, 1.165) is 0 Å². The maximum Gasteiger partial charge on any atom is 0.322 e. The lowest BCUT2D eigenvalue weighted by Crippen LogP contribution is -1.98. The number of ether oxygens (including phenoxy) is 1. The van der Waals surface area contributed by atoms with Gasteiger partial charge in [-0.15, -0.1) is 0 Å². The number of nitrogens with zero attached hydrogens (tertiary/aromatic N) is 1. The van der Waals surface area contributed by atoms with Crippen molar-refractivity contribution in [2.45, 2.75) is 0 Å². The minimum absolute atomic E-state index is 0.604. The van der Waals surface area contributed by atoms with Gasteiger partial charge in [0.05, 0.1) is 17.2 Å². The van der Waals surface area contributed by atoms with Crippen molar-refractivity contribution in [3.63, 3.8) is 0 Å². The van der Waals surface area contributed by atoms with Crippen molar-refractivity contribution in [3.8, 4) is 0 Å².